The Bertz CT molecular complexity index is 736. The summed E-state index contributed by atoms with van der Waals surface area (Å²) in [6.07, 6.45) is 8.88. The van der Waals surface area contributed by atoms with Crippen LogP contribution in [0.1, 0.15) is 160 Å². The molecule has 0 aliphatic carbocycles. The van der Waals surface area contributed by atoms with Gasteiger partial charge in [0, 0.05) is 39.1 Å². The van der Waals surface area contributed by atoms with E-state index in [0.717, 1.165) is 38.5 Å². The Kier molecular flexibility index (Phi) is 22.6. The molecule has 46 heavy (non-hydrogen) atoms. The van der Waals surface area contributed by atoms with E-state index in [2.05, 4.69) is 0 Å². The third-order valence-electron chi connectivity index (χ3n) is 7.69. The molecule has 0 rings (SSSR count). The summed E-state index contributed by atoms with van der Waals surface area (Å²) in [5.41, 5.74) is -3.78. The van der Waals surface area contributed by atoms with Gasteiger partial charge in [0.1, 0.15) is 16.8 Å². The lowest BCUT2D eigenvalue weighted by molar-refractivity contribution is -0.358. The first-order chi connectivity index (χ1) is 21.3. The van der Waals surface area contributed by atoms with Crippen molar-refractivity contribution in [1.82, 2.24) is 0 Å². The molecule has 0 fully saturated rings. The average Bonchev–Trinajstić information content (AvgIpc) is 2.92. The molecule has 9 nitrogen and oxygen atoms in total. The van der Waals surface area contributed by atoms with Gasteiger partial charge in [-0.05, 0) is 122 Å². The van der Waals surface area contributed by atoms with Crippen molar-refractivity contribution in [2.24, 2.45) is 0 Å². The molecule has 0 spiro atoms. The average molecular weight is 659 g/mol. The zero-order valence-electron chi connectivity index (χ0n) is 31.6. The smallest absolute Gasteiger partial charge is 0.274 e. The predicted octanol–water partition coefficient (Wildman–Crippen LogP) is 8.32. The molecular formula is C37H70O9. The van der Waals surface area contributed by atoms with Gasteiger partial charge < -0.3 is 28.4 Å². The van der Waals surface area contributed by atoms with Gasteiger partial charge in [-0.25, -0.2) is 0 Å². The Morgan fingerprint density at radius 1 is 0.413 bits per heavy atom. The van der Waals surface area contributed by atoms with E-state index in [1.54, 1.807) is 41.5 Å². The zero-order valence-corrected chi connectivity index (χ0v) is 31.6. The van der Waals surface area contributed by atoms with Crippen molar-refractivity contribution in [1.29, 1.82) is 0 Å². The number of ketones is 3. The van der Waals surface area contributed by atoms with E-state index >= 15 is 0 Å². The van der Waals surface area contributed by atoms with Gasteiger partial charge in [0.05, 0.1) is 18.3 Å². The first-order valence-corrected chi connectivity index (χ1v) is 17.8. The summed E-state index contributed by atoms with van der Waals surface area (Å²) in [6, 6.07) is 0. The van der Waals surface area contributed by atoms with E-state index in [1.165, 1.54) is 0 Å². The van der Waals surface area contributed by atoms with Gasteiger partial charge in [-0.3, -0.25) is 14.4 Å². The van der Waals surface area contributed by atoms with Crippen LogP contribution < -0.4 is 0 Å². The molecule has 0 aromatic carbocycles. The molecule has 0 bridgehead atoms. The standard InChI is InChI=1S/C37H70O9/c1-28(2)41-25-19-13-16-22-31(38)35(7,8)44-34(45-36(9,10)32(39)23-17-14-20-26-42-29(3)4)46-37(11,12)33(40)24-18-15-21-27-43-30(5)6/h28-30,34H,13-27H2,1-12H3. The topological polar surface area (TPSA) is 107 Å². The minimum absolute atomic E-state index is 0.102. The Hall–Kier alpha value is -1.23. The highest BCUT2D eigenvalue weighted by Gasteiger charge is 2.41. The van der Waals surface area contributed by atoms with Gasteiger partial charge in [-0.1, -0.05) is 19.3 Å². The minimum Gasteiger partial charge on any atom is -0.379 e. The van der Waals surface area contributed by atoms with Crippen LogP contribution in [-0.4, -0.2) is 78.8 Å². The Labute approximate surface area is 281 Å². The van der Waals surface area contributed by atoms with E-state index in [4.69, 9.17) is 28.4 Å². The Balaban J connectivity index is 5.42. The maximum atomic E-state index is 13.3. The fraction of sp³-hybridized carbons (Fsp3) is 0.919. The van der Waals surface area contributed by atoms with Crippen molar-refractivity contribution < 1.29 is 42.8 Å². The first kappa shape index (κ1) is 44.8. The van der Waals surface area contributed by atoms with Crippen molar-refractivity contribution >= 4 is 17.3 Å². The second-order valence-electron chi connectivity index (χ2n) is 14.6. The van der Waals surface area contributed by atoms with Crippen molar-refractivity contribution in [3.05, 3.63) is 0 Å². The normalized spacial score (nSPS) is 13.0. The molecule has 0 atom stereocenters. The van der Waals surface area contributed by atoms with Crippen LogP contribution in [0.25, 0.3) is 0 Å². The summed E-state index contributed by atoms with van der Waals surface area (Å²) in [5, 5.41) is 0. The molecular weight excluding hydrogens is 588 g/mol. The lowest BCUT2D eigenvalue weighted by Gasteiger charge is -2.37. The van der Waals surface area contributed by atoms with Crippen molar-refractivity contribution in [2.45, 2.75) is 202 Å². The molecule has 0 aromatic heterocycles. The van der Waals surface area contributed by atoms with E-state index in [1.807, 2.05) is 41.5 Å². The maximum Gasteiger partial charge on any atom is 0.274 e. The summed E-state index contributed by atoms with van der Waals surface area (Å²) in [6.45, 7) is 22.7. The molecule has 0 amide bonds. The van der Waals surface area contributed by atoms with Crippen LogP contribution in [-0.2, 0) is 42.8 Å². The number of unbranched alkanes of at least 4 members (excludes halogenated alkanes) is 6. The van der Waals surface area contributed by atoms with Crippen molar-refractivity contribution in [2.75, 3.05) is 19.8 Å². The van der Waals surface area contributed by atoms with E-state index in [-0.39, 0.29) is 35.7 Å². The van der Waals surface area contributed by atoms with E-state index < -0.39 is 23.3 Å². The van der Waals surface area contributed by atoms with Gasteiger partial charge in [-0.15, -0.1) is 0 Å². The minimum atomic E-state index is -1.41. The van der Waals surface area contributed by atoms with Crippen LogP contribution in [0.5, 0.6) is 0 Å². The summed E-state index contributed by atoms with van der Waals surface area (Å²) in [5.74, 6) is -0.306. The largest absolute Gasteiger partial charge is 0.379 e. The van der Waals surface area contributed by atoms with Crippen LogP contribution in [0.2, 0.25) is 0 Å². The number of Topliss-reactive ketones (excluding diaryl/α,β-unsaturated/α-hetero) is 3. The second kappa shape index (κ2) is 23.2. The predicted molar refractivity (Wildman–Crippen MR) is 183 cm³/mol. The van der Waals surface area contributed by atoms with Crippen LogP contribution in [0, 0.1) is 0 Å². The maximum absolute atomic E-state index is 13.3. The molecule has 0 aliphatic heterocycles. The van der Waals surface area contributed by atoms with Crippen LogP contribution in [0.15, 0.2) is 0 Å². The summed E-state index contributed by atoms with van der Waals surface area (Å²) in [7, 11) is 0. The second-order valence-corrected chi connectivity index (χ2v) is 14.6. The molecule has 0 radical (unpaired) electrons. The van der Waals surface area contributed by atoms with Crippen LogP contribution in [0.3, 0.4) is 0 Å². The van der Waals surface area contributed by atoms with E-state index in [9.17, 15) is 14.4 Å². The quantitative estimate of drug-likeness (QED) is 0.0556. The molecule has 0 saturated heterocycles. The summed E-state index contributed by atoms with van der Waals surface area (Å²) < 4.78 is 35.3. The van der Waals surface area contributed by atoms with Gasteiger partial charge in [0.25, 0.3) is 6.48 Å². The fourth-order valence-electron chi connectivity index (χ4n) is 4.54. The molecule has 0 heterocycles. The molecule has 0 aliphatic rings. The number of carbonyl (C=O) groups excluding carboxylic acids is 3. The van der Waals surface area contributed by atoms with Gasteiger partial charge in [-0.2, -0.15) is 0 Å². The SMILES string of the molecule is CC(C)OCCCCCC(=O)C(C)(C)OC(OC(C)(C)C(=O)CCCCCOC(C)C)OC(C)(C)C(=O)CCCCCOC(C)C. The number of hydrogen-bond donors (Lipinski definition) is 0. The number of rotatable bonds is 30. The first-order valence-electron chi connectivity index (χ1n) is 17.8. The summed E-state index contributed by atoms with van der Waals surface area (Å²) in [4.78, 5) is 39.8. The van der Waals surface area contributed by atoms with Gasteiger partial charge in [0.2, 0.25) is 0 Å². The Morgan fingerprint density at radius 2 is 0.652 bits per heavy atom. The van der Waals surface area contributed by atoms with Gasteiger partial charge >= 0.3 is 0 Å². The molecule has 0 aromatic rings. The molecule has 0 saturated carbocycles. The monoisotopic (exact) mass is 659 g/mol. The number of ether oxygens (including phenoxy) is 6. The van der Waals surface area contributed by atoms with Crippen molar-refractivity contribution in [3.63, 3.8) is 0 Å². The van der Waals surface area contributed by atoms with Crippen LogP contribution >= 0.6 is 0 Å². The van der Waals surface area contributed by atoms with Crippen LogP contribution in [0.4, 0.5) is 0 Å². The molecule has 0 N–H and O–H groups in total. The lowest BCUT2D eigenvalue weighted by Crippen LogP contribution is -2.50. The summed E-state index contributed by atoms with van der Waals surface area (Å²) >= 11 is 0. The van der Waals surface area contributed by atoms with Crippen molar-refractivity contribution in [3.8, 4) is 0 Å². The highest BCUT2D eigenvalue weighted by atomic mass is 16.9. The zero-order chi connectivity index (χ0) is 35.4. The lowest BCUT2D eigenvalue weighted by atomic mass is 9.97. The molecule has 0 unspecified atom stereocenters. The van der Waals surface area contributed by atoms with E-state index in [0.29, 0.717) is 58.3 Å². The Morgan fingerprint density at radius 3 is 0.870 bits per heavy atom. The third-order valence-corrected chi connectivity index (χ3v) is 7.69. The molecule has 9 heteroatoms. The molecule has 272 valence electrons. The van der Waals surface area contributed by atoms with Gasteiger partial charge in [0.15, 0.2) is 17.3 Å². The number of hydrogen-bond acceptors (Lipinski definition) is 9. The fourth-order valence-corrected chi connectivity index (χ4v) is 4.54. The highest BCUT2D eigenvalue weighted by molar-refractivity contribution is 5.87. The number of carbonyl (C=O) groups is 3. The highest BCUT2D eigenvalue weighted by Crippen LogP contribution is 2.28. The third kappa shape index (κ3) is 21.6.